The number of aliphatic carboxylic acids is 1. The van der Waals surface area contributed by atoms with Gasteiger partial charge in [0.15, 0.2) is 0 Å². The van der Waals surface area contributed by atoms with Gasteiger partial charge in [0, 0.05) is 19.1 Å². The molecule has 0 saturated carbocycles. The van der Waals surface area contributed by atoms with E-state index in [1.165, 1.54) is 12.1 Å². The molecule has 2 rings (SSSR count). The zero-order valence-electron chi connectivity index (χ0n) is 9.30. The van der Waals surface area contributed by atoms with Crippen LogP contribution < -0.4 is 0 Å². The van der Waals surface area contributed by atoms with E-state index in [1.54, 1.807) is 6.07 Å². The molecule has 17 heavy (non-hydrogen) atoms. The largest absolute Gasteiger partial charge is 0.481 e. The van der Waals surface area contributed by atoms with Gasteiger partial charge >= 0.3 is 0 Å². The van der Waals surface area contributed by atoms with Gasteiger partial charge in [-0.2, -0.15) is 0 Å². The van der Waals surface area contributed by atoms with E-state index in [2.05, 4.69) is 9.97 Å². The first-order chi connectivity index (χ1) is 7.90. The number of nitro groups is 1. The van der Waals surface area contributed by atoms with Crippen LogP contribution in [0.5, 0.6) is 0 Å². The molecular weight excluding hydrogens is 226 g/mol. The van der Waals surface area contributed by atoms with Crippen LogP contribution in [-0.4, -0.2) is 26.0 Å². The number of H-pyrrole nitrogens is 1. The molecule has 1 aromatic carbocycles. The number of carboxylic acids is 1. The van der Waals surface area contributed by atoms with E-state index in [-0.39, 0.29) is 5.69 Å². The predicted molar refractivity (Wildman–Crippen MR) is 60.8 cm³/mol. The second kappa shape index (κ2) is 5.06. The van der Waals surface area contributed by atoms with E-state index >= 15 is 0 Å². The first-order valence-corrected chi connectivity index (χ1v) is 4.70. The number of aromatic nitrogens is 2. The van der Waals surface area contributed by atoms with Gasteiger partial charge in [-0.05, 0) is 13.0 Å². The molecule has 0 atom stereocenters. The van der Waals surface area contributed by atoms with E-state index in [1.807, 2.05) is 6.92 Å². The monoisotopic (exact) mass is 237 g/mol. The predicted octanol–water partition coefficient (Wildman–Crippen LogP) is 1.87. The van der Waals surface area contributed by atoms with Crippen LogP contribution in [0.1, 0.15) is 12.7 Å². The molecule has 1 aromatic heterocycles. The molecular formula is C10H11N3O4. The van der Waals surface area contributed by atoms with Gasteiger partial charge < -0.3 is 10.1 Å². The number of nitrogens with zero attached hydrogens (tertiary/aromatic N) is 2. The molecule has 0 saturated heterocycles. The van der Waals surface area contributed by atoms with Crippen LogP contribution in [0.4, 0.5) is 5.69 Å². The Morgan fingerprint density at radius 3 is 2.65 bits per heavy atom. The van der Waals surface area contributed by atoms with Crippen molar-refractivity contribution in [2.75, 3.05) is 0 Å². The lowest BCUT2D eigenvalue weighted by Crippen LogP contribution is -1.86. The first-order valence-electron chi connectivity index (χ1n) is 4.70. The highest BCUT2D eigenvalue weighted by molar-refractivity contribution is 5.77. The number of aryl methyl sites for hydroxylation is 1. The van der Waals surface area contributed by atoms with Gasteiger partial charge in [-0.1, -0.05) is 0 Å². The van der Waals surface area contributed by atoms with Crippen molar-refractivity contribution in [3.05, 3.63) is 34.1 Å². The number of carbonyl (C=O) groups is 1. The molecule has 1 heterocycles. The number of benzene rings is 1. The second-order valence-electron chi connectivity index (χ2n) is 3.30. The van der Waals surface area contributed by atoms with Crippen LogP contribution in [0, 0.1) is 17.0 Å². The number of non-ortho nitro benzene ring substituents is 1. The molecule has 0 aliphatic rings. The van der Waals surface area contributed by atoms with Gasteiger partial charge in [0.05, 0.1) is 16.0 Å². The summed E-state index contributed by atoms with van der Waals surface area (Å²) in [5.74, 6) is -0.0736. The molecule has 0 aliphatic carbocycles. The molecule has 7 nitrogen and oxygen atoms in total. The molecule has 0 aliphatic heterocycles. The van der Waals surface area contributed by atoms with Gasteiger partial charge in [-0.15, -0.1) is 0 Å². The molecule has 2 N–H and O–H groups in total. The third kappa shape index (κ3) is 3.56. The quantitative estimate of drug-likeness (QED) is 0.581. The van der Waals surface area contributed by atoms with Gasteiger partial charge in [0.1, 0.15) is 5.82 Å². The van der Waals surface area contributed by atoms with Crippen molar-refractivity contribution in [3.8, 4) is 0 Å². The number of nitro benzene ring substituents is 1. The zero-order valence-corrected chi connectivity index (χ0v) is 9.30. The summed E-state index contributed by atoms with van der Waals surface area (Å²) in [7, 11) is 0. The molecule has 7 heteroatoms. The van der Waals surface area contributed by atoms with Crippen LogP contribution in [0.25, 0.3) is 11.0 Å². The third-order valence-electron chi connectivity index (χ3n) is 1.79. The van der Waals surface area contributed by atoms with Crippen molar-refractivity contribution in [2.45, 2.75) is 13.8 Å². The number of carboxylic acid groups (broad SMARTS) is 1. The van der Waals surface area contributed by atoms with Crippen LogP contribution in [-0.2, 0) is 4.79 Å². The Balaban J connectivity index is 0.000000317. The first kappa shape index (κ1) is 12.6. The molecule has 0 unspecified atom stereocenters. The number of aromatic amines is 1. The van der Waals surface area contributed by atoms with Crippen molar-refractivity contribution in [1.82, 2.24) is 9.97 Å². The van der Waals surface area contributed by atoms with E-state index in [9.17, 15) is 10.1 Å². The van der Waals surface area contributed by atoms with Crippen LogP contribution in [0.3, 0.4) is 0 Å². The highest BCUT2D eigenvalue weighted by Crippen LogP contribution is 2.18. The Morgan fingerprint density at radius 2 is 2.12 bits per heavy atom. The fraction of sp³-hybridized carbons (Fsp3) is 0.200. The van der Waals surface area contributed by atoms with E-state index < -0.39 is 10.9 Å². The maximum absolute atomic E-state index is 10.4. The second-order valence-corrected chi connectivity index (χ2v) is 3.30. The Hall–Kier alpha value is -2.44. The summed E-state index contributed by atoms with van der Waals surface area (Å²) < 4.78 is 0. The van der Waals surface area contributed by atoms with Gasteiger partial charge in [0.2, 0.25) is 0 Å². The molecule has 0 amide bonds. The van der Waals surface area contributed by atoms with Crippen molar-refractivity contribution >= 4 is 22.7 Å². The van der Waals surface area contributed by atoms with Gasteiger partial charge in [-0.3, -0.25) is 14.9 Å². The van der Waals surface area contributed by atoms with E-state index in [0.29, 0.717) is 5.52 Å². The summed E-state index contributed by atoms with van der Waals surface area (Å²) in [5.41, 5.74) is 1.53. The lowest BCUT2D eigenvalue weighted by Gasteiger charge is -1.89. The standard InChI is InChI=1S/C8H7N3O2.C2H4O2/c1-5-9-7-3-2-6(11(12)13)4-8(7)10-5;1-2(3)4/h2-4H,1H3,(H,9,10);1H3,(H,3,4). The number of hydrogen-bond donors (Lipinski definition) is 2. The molecule has 0 radical (unpaired) electrons. The normalized spacial score (nSPS) is 9.53. The van der Waals surface area contributed by atoms with Gasteiger partial charge in [-0.25, -0.2) is 4.98 Å². The van der Waals surface area contributed by atoms with Gasteiger partial charge in [0.25, 0.3) is 11.7 Å². The summed E-state index contributed by atoms with van der Waals surface area (Å²) in [6.45, 7) is 2.89. The fourth-order valence-corrected chi connectivity index (χ4v) is 1.24. The number of nitrogens with one attached hydrogen (secondary N) is 1. The summed E-state index contributed by atoms with van der Waals surface area (Å²) >= 11 is 0. The summed E-state index contributed by atoms with van der Waals surface area (Å²) in [6, 6.07) is 4.56. The minimum atomic E-state index is -0.833. The molecule has 2 aromatic rings. The molecule has 90 valence electrons. The lowest BCUT2D eigenvalue weighted by molar-refractivity contribution is -0.384. The number of hydrogen-bond acceptors (Lipinski definition) is 4. The highest BCUT2D eigenvalue weighted by atomic mass is 16.6. The van der Waals surface area contributed by atoms with Crippen LogP contribution >= 0.6 is 0 Å². The Labute approximate surface area is 96.3 Å². The smallest absolute Gasteiger partial charge is 0.300 e. The Kier molecular flexibility index (Phi) is 3.76. The maximum Gasteiger partial charge on any atom is 0.300 e. The summed E-state index contributed by atoms with van der Waals surface area (Å²) in [5, 5.41) is 17.8. The van der Waals surface area contributed by atoms with Crippen LogP contribution in [0.2, 0.25) is 0 Å². The van der Waals surface area contributed by atoms with Crippen molar-refractivity contribution in [2.24, 2.45) is 0 Å². The number of fused-ring (bicyclic) bond motifs is 1. The van der Waals surface area contributed by atoms with Crippen molar-refractivity contribution in [1.29, 1.82) is 0 Å². The minimum Gasteiger partial charge on any atom is -0.481 e. The van der Waals surface area contributed by atoms with E-state index in [0.717, 1.165) is 18.3 Å². The highest BCUT2D eigenvalue weighted by Gasteiger charge is 2.07. The number of imidazole rings is 1. The minimum absolute atomic E-state index is 0.0798. The Bertz CT molecular complexity index is 558. The van der Waals surface area contributed by atoms with Crippen molar-refractivity contribution in [3.63, 3.8) is 0 Å². The SMILES string of the molecule is CC(=O)O.Cc1nc2ccc([N+](=O)[O-])cc2[nH]1. The fourth-order valence-electron chi connectivity index (χ4n) is 1.24. The third-order valence-corrected chi connectivity index (χ3v) is 1.79. The van der Waals surface area contributed by atoms with Crippen molar-refractivity contribution < 1.29 is 14.8 Å². The Morgan fingerprint density at radius 1 is 1.53 bits per heavy atom. The molecule has 0 spiro atoms. The average Bonchev–Trinajstić information content (AvgIpc) is 2.55. The van der Waals surface area contributed by atoms with E-state index in [4.69, 9.17) is 9.90 Å². The molecule has 0 bridgehead atoms. The summed E-state index contributed by atoms with van der Waals surface area (Å²) in [4.78, 5) is 26.1. The zero-order chi connectivity index (χ0) is 13.0. The molecule has 0 fully saturated rings. The number of rotatable bonds is 1. The maximum atomic E-state index is 10.4. The topological polar surface area (TPSA) is 109 Å². The summed E-state index contributed by atoms with van der Waals surface area (Å²) in [6.07, 6.45) is 0. The average molecular weight is 237 g/mol. The lowest BCUT2D eigenvalue weighted by atomic mass is 10.3. The van der Waals surface area contributed by atoms with Crippen LogP contribution in [0.15, 0.2) is 18.2 Å².